The Kier molecular flexibility index (Phi) is 5.39. The Morgan fingerprint density at radius 1 is 1.30 bits per heavy atom. The Hall–Kier alpha value is -1.75. The molecule has 0 bridgehead atoms. The highest BCUT2D eigenvalue weighted by Crippen LogP contribution is 2.30. The van der Waals surface area contributed by atoms with Crippen LogP contribution in [-0.4, -0.2) is 24.8 Å². The molecule has 2 amide bonds. The number of ether oxygens (including phenoxy) is 1. The molecule has 0 atom stereocenters. The SMILES string of the molecule is COc1ccc(NC(C)=O)cc1NC(=O)C(C)(C)CCl. The van der Waals surface area contributed by atoms with Gasteiger partial charge in [-0.3, -0.25) is 9.59 Å². The first-order chi connectivity index (χ1) is 9.30. The summed E-state index contributed by atoms with van der Waals surface area (Å²) in [5, 5.41) is 5.42. The van der Waals surface area contributed by atoms with Gasteiger partial charge in [-0.05, 0) is 32.0 Å². The first-order valence-electron chi connectivity index (χ1n) is 6.13. The zero-order valence-corrected chi connectivity index (χ0v) is 12.8. The first-order valence-corrected chi connectivity index (χ1v) is 6.66. The lowest BCUT2D eigenvalue weighted by Crippen LogP contribution is -2.32. The highest BCUT2D eigenvalue weighted by atomic mass is 35.5. The molecule has 2 N–H and O–H groups in total. The molecule has 1 aromatic rings. The van der Waals surface area contributed by atoms with Crippen molar-refractivity contribution in [2.24, 2.45) is 5.41 Å². The highest BCUT2D eigenvalue weighted by Gasteiger charge is 2.27. The van der Waals surface area contributed by atoms with Crippen molar-refractivity contribution in [3.63, 3.8) is 0 Å². The lowest BCUT2D eigenvalue weighted by atomic mass is 9.95. The van der Waals surface area contributed by atoms with Crippen molar-refractivity contribution in [2.45, 2.75) is 20.8 Å². The van der Waals surface area contributed by atoms with Crippen LogP contribution >= 0.6 is 11.6 Å². The monoisotopic (exact) mass is 298 g/mol. The van der Waals surface area contributed by atoms with Crippen LogP contribution in [0.1, 0.15) is 20.8 Å². The van der Waals surface area contributed by atoms with E-state index in [4.69, 9.17) is 16.3 Å². The van der Waals surface area contributed by atoms with Gasteiger partial charge in [0.1, 0.15) is 5.75 Å². The summed E-state index contributed by atoms with van der Waals surface area (Å²) in [6.45, 7) is 4.91. The zero-order chi connectivity index (χ0) is 15.3. The number of anilines is 2. The van der Waals surface area contributed by atoms with Crippen LogP contribution in [0.3, 0.4) is 0 Å². The quantitative estimate of drug-likeness (QED) is 0.821. The average molecular weight is 299 g/mol. The van der Waals surface area contributed by atoms with Crippen molar-refractivity contribution in [3.05, 3.63) is 18.2 Å². The Labute approximate surface area is 123 Å². The van der Waals surface area contributed by atoms with Crippen LogP contribution in [0.2, 0.25) is 0 Å². The molecule has 0 saturated heterocycles. The maximum Gasteiger partial charge on any atom is 0.231 e. The number of nitrogens with one attached hydrogen (secondary N) is 2. The fourth-order valence-electron chi connectivity index (χ4n) is 1.44. The predicted molar refractivity (Wildman–Crippen MR) is 80.4 cm³/mol. The van der Waals surface area contributed by atoms with Crippen LogP contribution in [0, 0.1) is 5.41 Å². The van der Waals surface area contributed by atoms with E-state index in [1.807, 2.05) is 0 Å². The van der Waals surface area contributed by atoms with Gasteiger partial charge in [-0.25, -0.2) is 0 Å². The molecule has 0 saturated carbocycles. The minimum Gasteiger partial charge on any atom is -0.495 e. The van der Waals surface area contributed by atoms with E-state index in [1.54, 1.807) is 32.0 Å². The van der Waals surface area contributed by atoms with E-state index >= 15 is 0 Å². The topological polar surface area (TPSA) is 67.4 Å². The lowest BCUT2D eigenvalue weighted by Gasteiger charge is -2.21. The van der Waals surface area contributed by atoms with Crippen LogP contribution < -0.4 is 15.4 Å². The molecule has 0 fully saturated rings. The van der Waals surface area contributed by atoms with Crippen molar-refractivity contribution in [1.82, 2.24) is 0 Å². The van der Waals surface area contributed by atoms with Gasteiger partial charge in [0.15, 0.2) is 0 Å². The number of halogens is 1. The Morgan fingerprint density at radius 2 is 1.95 bits per heavy atom. The molecule has 0 spiro atoms. The molecule has 0 aromatic heterocycles. The summed E-state index contributed by atoms with van der Waals surface area (Å²) >= 11 is 5.78. The Morgan fingerprint density at radius 3 is 2.45 bits per heavy atom. The molecule has 1 aromatic carbocycles. The van der Waals surface area contributed by atoms with Gasteiger partial charge in [-0.2, -0.15) is 0 Å². The average Bonchev–Trinajstić information content (AvgIpc) is 2.38. The minimum absolute atomic E-state index is 0.187. The number of amides is 2. The van der Waals surface area contributed by atoms with Crippen LogP contribution in [0.25, 0.3) is 0 Å². The normalized spacial score (nSPS) is 10.8. The molecular weight excluding hydrogens is 280 g/mol. The summed E-state index contributed by atoms with van der Waals surface area (Å²) in [5.41, 5.74) is 0.371. The number of methoxy groups -OCH3 is 1. The number of carbonyl (C=O) groups excluding carboxylic acids is 2. The molecule has 0 unspecified atom stereocenters. The van der Waals surface area contributed by atoms with E-state index in [2.05, 4.69) is 10.6 Å². The molecule has 0 radical (unpaired) electrons. The van der Waals surface area contributed by atoms with E-state index in [1.165, 1.54) is 14.0 Å². The number of hydrogen-bond donors (Lipinski definition) is 2. The largest absolute Gasteiger partial charge is 0.495 e. The summed E-state index contributed by atoms with van der Waals surface area (Å²) in [6, 6.07) is 5.01. The zero-order valence-electron chi connectivity index (χ0n) is 12.0. The summed E-state index contributed by atoms with van der Waals surface area (Å²) < 4.78 is 5.19. The molecule has 0 aliphatic rings. The van der Waals surface area contributed by atoms with Crippen molar-refractivity contribution < 1.29 is 14.3 Å². The molecule has 20 heavy (non-hydrogen) atoms. The van der Waals surface area contributed by atoms with Gasteiger partial charge in [0.25, 0.3) is 0 Å². The number of rotatable bonds is 5. The Balaban J connectivity index is 3.02. The summed E-state index contributed by atoms with van der Waals surface area (Å²) in [4.78, 5) is 23.2. The molecule has 0 heterocycles. The van der Waals surface area contributed by atoms with Crippen LogP contribution in [0.5, 0.6) is 5.75 Å². The van der Waals surface area contributed by atoms with Crippen molar-refractivity contribution in [3.8, 4) is 5.75 Å². The van der Waals surface area contributed by atoms with Crippen LogP contribution in [0.15, 0.2) is 18.2 Å². The number of hydrogen-bond acceptors (Lipinski definition) is 3. The fourth-order valence-corrected chi connectivity index (χ4v) is 1.56. The third kappa shape index (κ3) is 4.13. The second-order valence-electron chi connectivity index (χ2n) is 5.07. The maximum absolute atomic E-state index is 12.1. The number of alkyl halides is 1. The molecule has 6 heteroatoms. The van der Waals surface area contributed by atoms with Crippen molar-refractivity contribution in [1.29, 1.82) is 0 Å². The Bertz CT molecular complexity index is 515. The second kappa shape index (κ2) is 6.61. The lowest BCUT2D eigenvalue weighted by molar-refractivity contribution is -0.123. The summed E-state index contributed by atoms with van der Waals surface area (Å²) in [7, 11) is 1.51. The summed E-state index contributed by atoms with van der Waals surface area (Å²) in [6.07, 6.45) is 0. The van der Waals surface area contributed by atoms with E-state index < -0.39 is 5.41 Å². The van der Waals surface area contributed by atoms with Crippen LogP contribution in [0.4, 0.5) is 11.4 Å². The highest BCUT2D eigenvalue weighted by molar-refractivity contribution is 6.20. The molecule has 5 nitrogen and oxygen atoms in total. The summed E-state index contributed by atoms with van der Waals surface area (Å²) in [5.74, 6) is 0.309. The first kappa shape index (κ1) is 16.3. The van der Waals surface area contributed by atoms with Gasteiger partial charge in [0.05, 0.1) is 18.2 Å². The molecule has 1 rings (SSSR count). The maximum atomic E-state index is 12.1. The predicted octanol–water partition coefficient (Wildman–Crippen LogP) is 2.86. The third-order valence-corrected chi connectivity index (χ3v) is 3.38. The van der Waals surface area contributed by atoms with E-state index in [-0.39, 0.29) is 17.7 Å². The molecule has 110 valence electrons. The van der Waals surface area contributed by atoms with Gasteiger partial charge < -0.3 is 15.4 Å². The van der Waals surface area contributed by atoms with E-state index in [0.717, 1.165) is 0 Å². The van der Waals surface area contributed by atoms with Gasteiger partial charge in [-0.1, -0.05) is 0 Å². The second-order valence-corrected chi connectivity index (χ2v) is 5.34. The fraction of sp³-hybridized carbons (Fsp3) is 0.429. The van der Waals surface area contributed by atoms with Gasteiger partial charge in [-0.15, -0.1) is 11.6 Å². The minimum atomic E-state index is -0.698. The third-order valence-electron chi connectivity index (χ3n) is 2.72. The number of benzene rings is 1. The van der Waals surface area contributed by atoms with Crippen molar-refractivity contribution >= 4 is 34.8 Å². The van der Waals surface area contributed by atoms with Gasteiger partial charge in [0.2, 0.25) is 11.8 Å². The van der Waals surface area contributed by atoms with Crippen LogP contribution in [-0.2, 0) is 9.59 Å². The van der Waals surface area contributed by atoms with Crippen molar-refractivity contribution in [2.75, 3.05) is 23.6 Å². The van der Waals surface area contributed by atoms with Gasteiger partial charge >= 0.3 is 0 Å². The molecule has 0 aliphatic heterocycles. The van der Waals surface area contributed by atoms with E-state index in [9.17, 15) is 9.59 Å². The van der Waals surface area contributed by atoms with E-state index in [0.29, 0.717) is 17.1 Å². The number of carbonyl (C=O) groups is 2. The molecular formula is C14H19ClN2O3. The smallest absolute Gasteiger partial charge is 0.231 e. The standard InChI is InChI=1S/C14H19ClN2O3/c1-9(18)16-10-5-6-12(20-4)11(7-10)17-13(19)14(2,3)8-15/h5-7H,8H2,1-4H3,(H,16,18)(H,17,19). The molecule has 0 aliphatic carbocycles. The van der Waals surface area contributed by atoms with Gasteiger partial charge in [0, 0.05) is 18.5 Å².